The second-order valence-corrected chi connectivity index (χ2v) is 5.13. The van der Waals surface area contributed by atoms with E-state index in [1.165, 1.54) is 24.1 Å². The van der Waals surface area contributed by atoms with Crippen LogP contribution in [-0.2, 0) is 11.3 Å². The summed E-state index contributed by atoms with van der Waals surface area (Å²) in [7, 11) is 3.03. The number of hydrogen-bond acceptors (Lipinski definition) is 4. The average molecular weight is 353 g/mol. The zero-order valence-corrected chi connectivity index (χ0v) is 14.2. The second-order valence-electron chi connectivity index (χ2n) is 5.13. The predicted octanol–water partition coefficient (Wildman–Crippen LogP) is 2.80. The summed E-state index contributed by atoms with van der Waals surface area (Å²) in [6, 6.07) is 4.64. The fourth-order valence-corrected chi connectivity index (χ4v) is 1.91. The maximum absolute atomic E-state index is 12.4. The van der Waals surface area contributed by atoms with Gasteiger partial charge in [0.25, 0.3) is 0 Å². The first-order valence-electron chi connectivity index (χ1n) is 6.94. The van der Waals surface area contributed by atoms with Gasteiger partial charge in [0.05, 0.1) is 7.11 Å². The summed E-state index contributed by atoms with van der Waals surface area (Å²) in [6.45, 7) is -0.805. The number of amides is 1. The van der Waals surface area contributed by atoms with Gasteiger partial charge in [-0.15, -0.1) is 12.4 Å². The van der Waals surface area contributed by atoms with Crippen molar-refractivity contribution >= 4 is 18.3 Å². The third-order valence-electron chi connectivity index (χ3n) is 3.10. The van der Waals surface area contributed by atoms with Crippen molar-refractivity contribution in [1.29, 1.82) is 0 Å². The summed E-state index contributed by atoms with van der Waals surface area (Å²) in [5.74, 6) is 0.117. The van der Waals surface area contributed by atoms with Crippen LogP contribution in [0.15, 0.2) is 18.2 Å². The Kier molecular flexibility index (Phi) is 9.52. The number of benzene rings is 1. The summed E-state index contributed by atoms with van der Waals surface area (Å²) in [6.07, 6.45) is 0.955. The van der Waals surface area contributed by atoms with E-state index in [4.69, 9.17) is 10.5 Å². The molecule has 8 heteroatoms. The molecule has 0 aliphatic heterocycles. The number of ether oxygens (including phenoxy) is 2. The zero-order valence-electron chi connectivity index (χ0n) is 13.4. The number of hydrogen-bond donors (Lipinski definition) is 1. The van der Waals surface area contributed by atoms with Crippen molar-refractivity contribution in [3.05, 3.63) is 23.8 Å². The van der Waals surface area contributed by atoms with Crippen LogP contribution in [0.5, 0.6) is 11.5 Å². The van der Waals surface area contributed by atoms with Crippen LogP contribution in [0.1, 0.15) is 25.3 Å². The van der Waals surface area contributed by atoms with Crippen LogP contribution in [0.4, 0.5) is 8.78 Å². The van der Waals surface area contributed by atoms with Crippen molar-refractivity contribution in [3.8, 4) is 11.5 Å². The lowest BCUT2D eigenvalue weighted by Crippen LogP contribution is -2.28. The molecule has 0 aliphatic carbocycles. The lowest BCUT2D eigenvalue weighted by atomic mass is 10.1. The number of rotatable bonds is 8. The standard InChI is InChI=1S/C15H22F2N2O3.ClH/c1-10(18)4-7-14(20)19(2)9-11-5-6-12(21-3)13(8-11)22-15(16)17;/h5-6,8,10,15H,4,7,9,18H2,1-3H3;1H. The van der Waals surface area contributed by atoms with Crippen molar-refractivity contribution < 1.29 is 23.0 Å². The molecule has 5 nitrogen and oxygen atoms in total. The molecule has 0 fully saturated rings. The SMILES string of the molecule is COc1ccc(CN(C)C(=O)CCC(C)N)cc1OC(F)F.Cl. The first-order chi connectivity index (χ1) is 10.3. The first kappa shape index (κ1) is 21.4. The van der Waals surface area contributed by atoms with Crippen molar-refractivity contribution in [2.24, 2.45) is 5.73 Å². The Morgan fingerprint density at radius 3 is 2.52 bits per heavy atom. The molecule has 1 amide bonds. The fraction of sp³-hybridized carbons (Fsp3) is 0.533. The van der Waals surface area contributed by atoms with E-state index in [-0.39, 0.29) is 35.9 Å². The molecule has 1 rings (SSSR count). The van der Waals surface area contributed by atoms with Gasteiger partial charge in [-0.3, -0.25) is 4.79 Å². The number of methoxy groups -OCH3 is 1. The smallest absolute Gasteiger partial charge is 0.387 e. The third-order valence-corrected chi connectivity index (χ3v) is 3.10. The molecule has 1 unspecified atom stereocenters. The highest BCUT2D eigenvalue weighted by Crippen LogP contribution is 2.29. The van der Waals surface area contributed by atoms with Crippen LogP contribution in [0.3, 0.4) is 0 Å². The number of halogens is 3. The van der Waals surface area contributed by atoms with E-state index in [9.17, 15) is 13.6 Å². The number of nitrogens with two attached hydrogens (primary N) is 1. The lowest BCUT2D eigenvalue weighted by Gasteiger charge is -2.19. The minimum absolute atomic E-state index is 0. The maximum atomic E-state index is 12.4. The number of nitrogens with zero attached hydrogens (tertiary/aromatic N) is 1. The highest BCUT2D eigenvalue weighted by Gasteiger charge is 2.14. The summed E-state index contributed by atoms with van der Waals surface area (Å²) < 4.78 is 34.1. The lowest BCUT2D eigenvalue weighted by molar-refractivity contribution is -0.130. The first-order valence-corrected chi connectivity index (χ1v) is 6.94. The molecular formula is C15H23ClF2N2O3. The van der Waals surface area contributed by atoms with Crippen molar-refractivity contribution in [2.45, 2.75) is 39.0 Å². The molecule has 0 saturated carbocycles. The van der Waals surface area contributed by atoms with Gasteiger partial charge < -0.3 is 20.1 Å². The zero-order chi connectivity index (χ0) is 16.7. The summed E-state index contributed by atoms with van der Waals surface area (Å²) in [4.78, 5) is 13.5. The molecule has 132 valence electrons. The molecule has 0 spiro atoms. The molecule has 1 atom stereocenters. The molecule has 1 aromatic carbocycles. The maximum Gasteiger partial charge on any atom is 0.387 e. The average Bonchev–Trinajstić information content (AvgIpc) is 2.44. The summed E-state index contributed by atoms with van der Waals surface area (Å²) >= 11 is 0. The van der Waals surface area contributed by atoms with Gasteiger partial charge >= 0.3 is 6.61 Å². The molecule has 0 saturated heterocycles. The summed E-state index contributed by atoms with van der Waals surface area (Å²) in [5, 5.41) is 0. The Morgan fingerprint density at radius 1 is 1.35 bits per heavy atom. The highest BCUT2D eigenvalue weighted by atomic mass is 35.5. The van der Waals surface area contributed by atoms with E-state index >= 15 is 0 Å². The molecule has 0 bridgehead atoms. The van der Waals surface area contributed by atoms with Crippen LogP contribution in [-0.4, -0.2) is 37.6 Å². The van der Waals surface area contributed by atoms with Gasteiger partial charge in [-0.2, -0.15) is 8.78 Å². The number of carbonyl (C=O) groups excluding carboxylic acids is 1. The molecule has 0 aromatic heterocycles. The molecule has 23 heavy (non-hydrogen) atoms. The normalized spacial score (nSPS) is 11.6. The van der Waals surface area contributed by atoms with Crippen LogP contribution >= 0.6 is 12.4 Å². The van der Waals surface area contributed by atoms with Crippen LogP contribution in [0, 0.1) is 0 Å². The third kappa shape index (κ3) is 7.47. The number of carbonyl (C=O) groups is 1. The Balaban J connectivity index is 0.00000484. The van der Waals surface area contributed by atoms with E-state index in [1.807, 2.05) is 6.92 Å². The van der Waals surface area contributed by atoms with Gasteiger partial charge in [0.15, 0.2) is 11.5 Å². The Hall–Kier alpha value is -1.60. The van der Waals surface area contributed by atoms with Gasteiger partial charge in [-0.05, 0) is 31.0 Å². The topological polar surface area (TPSA) is 64.8 Å². The molecule has 2 N–H and O–H groups in total. The van der Waals surface area contributed by atoms with Crippen molar-refractivity contribution in [1.82, 2.24) is 4.90 Å². The van der Waals surface area contributed by atoms with E-state index in [1.54, 1.807) is 13.1 Å². The van der Waals surface area contributed by atoms with E-state index in [0.717, 1.165) is 0 Å². The molecule has 0 heterocycles. The van der Waals surface area contributed by atoms with Crippen LogP contribution in [0.2, 0.25) is 0 Å². The Bertz CT molecular complexity index is 502. The van der Waals surface area contributed by atoms with Gasteiger partial charge in [0.2, 0.25) is 5.91 Å². The molecular weight excluding hydrogens is 330 g/mol. The van der Waals surface area contributed by atoms with E-state index in [2.05, 4.69) is 4.74 Å². The van der Waals surface area contributed by atoms with Gasteiger partial charge in [0, 0.05) is 26.1 Å². The predicted molar refractivity (Wildman–Crippen MR) is 86.2 cm³/mol. The van der Waals surface area contributed by atoms with Gasteiger partial charge in [0.1, 0.15) is 0 Å². The number of alkyl halides is 2. The quantitative estimate of drug-likeness (QED) is 0.781. The fourth-order valence-electron chi connectivity index (χ4n) is 1.91. The van der Waals surface area contributed by atoms with E-state index in [0.29, 0.717) is 24.9 Å². The van der Waals surface area contributed by atoms with Crippen molar-refractivity contribution in [2.75, 3.05) is 14.2 Å². The molecule has 0 aliphatic rings. The Labute approximate surface area is 141 Å². The Morgan fingerprint density at radius 2 is 2.00 bits per heavy atom. The largest absolute Gasteiger partial charge is 0.493 e. The monoisotopic (exact) mass is 352 g/mol. The van der Waals surface area contributed by atoms with Crippen LogP contribution < -0.4 is 15.2 Å². The molecule has 1 aromatic rings. The molecule has 0 radical (unpaired) electrons. The van der Waals surface area contributed by atoms with Gasteiger partial charge in [-0.25, -0.2) is 0 Å². The highest BCUT2D eigenvalue weighted by molar-refractivity contribution is 5.85. The van der Waals surface area contributed by atoms with Crippen molar-refractivity contribution in [3.63, 3.8) is 0 Å². The second kappa shape index (κ2) is 10.2. The minimum atomic E-state index is -2.94. The van der Waals surface area contributed by atoms with Crippen LogP contribution in [0.25, 0.3) is 0 Å². The van der Waals surface area contributed by atoms with Gasteiger partial charge in [-0.1, -0.05) is 6.07 Å². The minimum Gasteiger partial charge on any atom is -0.493 e. The van der Waals surface area contributed by atoms with E-state index < -0.39 is 6.61 Å². The summed E-state index contributed by atoms with van der Waals surface area (Å²) in [5.41, 5.74) is 6.29.